The first-order valence-electron chi connectivity index (χ1n) is 6.17. The lowest BCUT2D eigenvalue weighted by molar-refractivity contribution is -0.688. The van der Waals surface area contributed by atoms with Crippen molar-refractivity contribution in [3.8, 4) is 0 Å². The molecule has 2 unspecified atom stereocenters. The fourth-order valence-electron chi connectivity index (χ4n) is 2.03. The van der Waals surface area contributed by atoms with E-state index in [1.165, 1.54) is 5.70 Å². The van der Waals surface area contributed by atoms with Crippen molar-refractivity contribution in [2.24, 2.45) is 4.99 Å². The summed E-state index contributed by atoms with van der Waals surface area (Å²) in [6, 6.07) is 0.891. The molecule has 122 valence electrons. The van der Waals surface area contributed by atoms with Crippen LogP contribution in [0.15, 0.2) is 41.2 Å². The van der Waals surface area contributed by atoms with Crippen LogP contribution in [-0.4, -0.2) is 42.8 Å². The van der Waals surface area contributed by atoms with Gasteiger partial charge in [-0.1, -0.05) is 6.08 Å². The number of nitrogens with zero attached hydrogens (tertiary/aromatic N) is 1. The molecule has 11 heteroatoms. The lowest BCUT2D eigenvalue weighted by atomic mass is 10.0. The monoisotopic (exact) mass is 338 g/mol. The highest BCUT2D eigenvalue weighted by Gasteiger charge is 2.37. The third-order valence-electron chi connectivity index (χ3n) is 3.06. The first-order valence-corrected chi connectivity index (χ1v) is 7.58. The van der Waals surface area contributed by atoms with Crippen molar-refractivity contribution in [2.75, 3.05) is 6.54 Å². The molecule has 1 saturated heterocycles. The first-order chi connectivity index (χ1) is 10.2. The van der Waals surface area contributed by atoms with Crippen LogP contribution in [0.2, 0.25) is 0 Å². The molecule has 0 aromatic heterocycles. The number of hydrazine groups is 1. The Bertz CT molecular complexity index is 652. The van der Waals surface area contributed by atoms with Crippen LogP contribution in [0.3, 0.4) is 0 Å². The third kappa shape index (κ3) is 3.94. The van der Waals surface area contributed by atoms with Crippen LogP contribution in [-0.2, 0) is 10.1 Å². The molecule has 0 radical (unpaired) electrons. The van der Waals surface area contributed by atoms with Crippen LogP contribution in [0.1, 0.15) is 0 Å². The maximum Gasteiger partial charge on any atom is 0.485 e. The fraction of sp³-hybridized carbons (Fsp3) is 0.364. The summed E-state index contributed by atoms with van der Waals surface area (Å²) in [6.07, 6.45) is 10.2. The molecule has 3 rings (SSSR count). The second kappa shape index (κ2) is 6.20. The van der Waals surface area contributed by atoms with Gasteiger partial charge in [0.05, 0.1) is 12.2 Å². The molecule has 2 atom stereocenters. The van der Waals surface area contributed by atoms with Crippen molar-refractivity contribution in [2.45, 2.75) is 17.6 Å². The summed E-state index contributed by atoms with van der Waals surface area (Å²) >= 11 is 0. The number of rotatable bonds is 0. The number of nitrogens with two attached hydrogens (primary N) is 1. The van der Waals surface area contributed by atoms with E-state index in [9.17, 15) is 13.2 Å². The van der Waals surface area contributed by atoms with E-state index in [0.29, 0.717) is 12.1 Å². The van der Waals surface area contributed by atoms with Gasteiger partial charge < -0.3 is 15.3 Å². The number of hydrogen-bond acceptors (Lipinski definition) is 6. The molecule has 0 aliphatic carbocycles. The number of allylic oxidation sites excluding steroid dienone is 2. The first kappa shape index (κ1) is 16.7. The van der Waals surface area contributed by atoms with Crippen LogP contribution >= 0.6 is 0 Å². The number of hydrogen-bond donors (Lipinski definition) is 3. The largest absolute Gasteiger partial charge is 0.741 e. The van der Waals surface area contributed by atoms with Gasteiger partial charge in [-0.25, -0.2) is 13.8 Å². The number of quaternary nitrogens is 1. The van der Waals surface area contributed by atoms with Gasteiger partial charge in [0.15, 0.2) is 10.1 Å². The molecule has 22 heavy (non-hydrogen) atoms. The molecular weight excluding hydrogens is 325 g/mol. The predicted octanol–water partition coefficient (Wildman–Crippen LogP) is -1.13. The van der Waals surface area contributed by atoms with Crippen molar-refractivity contribution in [3.05, 3.63) is 36.2 Å². The minimum absolute atomic E-state index is 0.375. The van der Waals surface area contributed by atoms with Gasteiger partial charge in [0.25, 0.3) is 0 Å². The average Bonchev–Trinajstić information content (AvgIpc) is 2.71. The molecule has 0 aromatic rings. The predicted molar refractivity (Wildman–Crippen MR) is 70.2 cm³/mol. The van der Waals surface area contributed by atoms with Gasteiger partial charge in [-0.2, -0.15) is 13.2 Å². The molecule has 0 aromatic carbocycles. The van der Waals surface area contributed by atoms with Gasteiger partial charge in [-0.05, 0) is 18.2 Å². The van der Waals surface area contributed by atoms with Crippen molar-refractivity contribution in [1.29, 1.82) is 0 Å². The number of halogens is 3. The molecule has 0 spiro atoms. The zero-order valence-corrected chi connectivity index (χ0v) is 11.9. The summed E-state index contributed by atoms with van der Waals surface area (Å²) in [5, 5.41) is 2.34. The smallest absolute Gasteiger partial charge is 0.485 e. The molecular formula is C11H13F3N4O3S. The quantitative estimate of drug-likeness (QED) is 0.382. The zero-order chi connectivity index (χ0) is 16.4. The standard InChI is InChI=1S/C10H12N4.CHF3O3S/c1-2-4-11-8-5-9-10(6-12-14-9)13-7(8)3-1;2-1(3,4)8(5,6)7/h1-5,7,10,12-14H,6H2;(H,5,6,7). The van der Waals surface area contributed by atoms with Gasteiger partial charge in [0, 0.05) is 6.20 Å². The van der Waals surface area contributed by atoms with E-state index in [4.69, 9.17) is 13.0 Å². The number of aliphatic imine (C=N–C) groups is 1. The van der Waals surface area contributed by atoms with Crippen LogP contribution < -0.4 is 16.2 Å². The summed E-state index contributed by atoms with van der Waals surface area (Å²) < 4.78 is 58.9. The topological polar surface area (TPSA) is 110 Å². The lowest BCUT2D eigenvalue weighted by Crippen LogP contribution is -2.98. The highest BCUT2D eigenvalue weighted by atomic mass is 32.2. The van der Waals surface area contributed by atoms with Crippen molar-refractivity contribution < 1.29 is 31.5 Å². The third-order valence-corrected chi connectivity index (χ3v) is 3.63. The zero-order valence-electron chi connectivity index (χ0n) is 11.0. The summed E-state index contributed by atoms with van der Waals surface area (Å²) in [6.45, 7) is 0.983. The SMILES string of the molecule is C1=CN=C2C=C3NNCC3[NH2+]C2C=C1.O=S(=O)([O-])C(F)(F)F. The summed E-state index contributed by atoms with van der Waals surface area (Å²) in [5.41, 5.74) is 3.02. The molecule has 3 aliphatic rings. The molecule has 0 amide bonds. The van der Waals surface area contributed by atoms with Gasteiger partial charge in [0.1, 0.15) is 17.8 Å². The minimum Gasteiger partial charge on any atom is -0.741 e. The number of fused-ring (bicyclic) bond motifs is 2. The van der Waals surface area contributed by atoms with E-state index in [1.54, 1.807) is 0 Å². The maximum absolute atomic E-state index is 10.7. The Kier molecular flexibility index (Phi) is 4.70. The molecule has 4 N–H and O–H groups in total. The van der Waals surface area contributed by atoms with E-state index in [-0.39, 0.29) is 0 Å². The molecule has 3 aliphatic heterocycles. The molecule has 7 nitrogen and oxygen atoms in total. The molecule has 3 heterocycles. The lowest BCUT2D eigenvalue weighted by Gasteiger charge is -2.21. The second-order valence-electron chi connectivity index (χ2n) is 4.61. The van der Waals surface area contributed by atoms with Gasteiger partial charge in [-0.3, -0.25) is 4.99 Å². The van der Waals surface area contributed by atoms with Crippen molar-refractivity contribution in [1.82, 2.24) is 10.9 Å². The Morgan fingerprint density at radius 2 is 2.05 bits per heavy atom. The fourth-order valence-corrected chi connectivity index (χ4v) is 2.03. The minimum atomic E-state index is -6.09. The van der Waals surface area contributed by atoms with E-state index < -0.39 is 15.6 Å². The Morgan fingerprint density at radius 3 is 2.68 bits per heavy atom. The van der Waals surface area contributed by atoms with E-state index in [1.807, 2.05) is 12.3 Å². The van der Waals surface area contributed by atoms with Gasteiger partial charge >= 0.3 is 5.51 Å². The highest BCUT2D eigenvalue weighted by Crippen LogP contribution is 2.20. The highest BCUT2D eigenvalue weighted by molar-refractivity contribution is 7.86. The second-order valence-corrected chi connectivity index (χ2v) is 5.98. The Hall–Kier alpha value is -1.69. The van der Waals surface area contributed by atoms with Crippen LogP contribution in [0.4, 0.5) is 13.2 Å². The van der Waals surface area contributed by atoms with E-state index in [0.717, 1.165) is 12.3 Å². The number of alkyl halides is 3. The van der Waals surface area contributed by atoms with Crippen LogP contribution in [0.5, 0.6) is 0 Å². The molecule has 1 fully saturated rings. The van der Waals surface area contributed by atoms with Crippen molar-refractivity contribution >= 4 is 15.8 Å². The summed E-state index contributed by atoms with van der Waals surface area (Å²) in [5.74, 6) is 0. The average molecular weight is 338 g/mol. The van der Waals surface area contributed by atoms with Crippen LogP contribution in [0, 0.1) is 0 Å². The van der Waals surface area contributed by atoms with E-state index in [2.05, 4.69) is 39.4 Å². The van der Waals surface area contributed by atoms with Crippen molar-refractivity contribution in [3.63, 3.8) is 0 Å². The number of nitrogens with one attached hydrogen (secondary N) is 2. The Labute approximate surface area is 124 Å². The van der Waals surface area contributed by atoms with Gasteiger partial charge in [0.2, 0.25) is 0 Å². The Morgan fingerprint density at radius 1 is 1.36 bits per heavy atom. The normalized spacial score (nSPS) is 26.5. The molecule has 0 saturated carbocycles. The molecule has 0 bridgehead atoms. The van der Waals surface area contributed by atoms with E-state index >= 15 is 0 Å². The summed E-state index contributed by atoms with van der Waals surface area (Å²) in [4.78, 5) is 4.40. The Balaban J connectivity index is 0.000000192. The van der Waals surface area contributed by atoms with Crippen LogP contribution in [0.25, 0.3) is 0 Å². The maximum atomic E-state index is 10.7. The summed E-state index contributed by atoms with van der Waals surface area (Å²) in [7, 11) is -6.09. The van der Waals surface area contributed by atoms with Gasteiger partial charge in [-0.15, -0.1) is 0 Å².